The molecule has 2 aliphatic heterocycles. The molecule has 0 amide bonds. The summed E-state index contributed by atoms with van der Waals surface area (Å²) in [5.41, 5.74) is 7.19. The molecular weight excluding hydrogens is 224 g/mol. The molecule has 1 saturated heterocycles. The van der Waals surface area contributed by atoms with Gasteiger partial charge >= 0.3 is 0 Å². The number of nitrogens with zero attached hydrogens (tertiary/aromatic N) is 2. The van der Waals surface area contributed by atoms with Gasteiger partial charge in [-0.2, -0.15) is 5.10 Å². The minimum absolute atomic E-state index is 0.337. The second-order valence-corrected chi connectivity index (χ2v) is 5.26. The average Bonchev–Trinajstić information content (AvgIpc) is 2.82. The molecule has 96 valence electrons. The second-order valence-electron chi connectivity index (χ2n) is 5.26. The van der Waals surface area contributed by atoms with Crippen molar-refractivity contribution in [2.45, 2.75) is 12.5 Å². The molecule has 0 radical (unpaired) electrons. The lowest BCUT2D eigenvalue weighted by molar-refractivity contribution is 0.451. The molecule has 0 aromatic heterocycles. The zero-order chi connectivity index (χ0) is 12.5. The van der Waals surface area contributed by atoms with Crippen LogP contribution < -0.4 is 15.6 Å². The molecule has 0 spiro atoms. The van der Waals surface area contributed by atoms with E-state index >= 15 is 0 Å². The summed E-state index contributed by atoms with van der Waals surface area (Å²) in [7, 11) is 4.13. The number of hydrazone groups is 1. The van der Waals surface area contributed by atoms with Crippen molar-refractivity contribution in [3.8, 4) is 0 Å². The Balaban J connectivity index is 1.79. The summed E-state index contributed by atoms with van der Waals surface area (Å²) in [6.07, 6.45) is 1.07. The molecule has 1 fully saturated rings. The van der Waals surface area contributed by atoms with Crippen LogP contribution in [0.25, 0.3) is 0 Å². The van der Waals surface area contributed by atoms with Crippen molar-refractivity contribution in [2.75, 3.05) is 32.1 Å². The van der Waals surface area contributed by atoms with E-state index < -0.39 is 0 Å². The molecule has 2 aliphatic rings. The summed E-state index contributed by atoms with van der Waals surface area (Å²) in [6, 6.07) is 9.10. The standard InChI is InChI=1S/C14H20N4/c1-18(2)11-5-3-10(4-6-11)14-12-9-15-8-7-13(12)16-17-14/h3-6,12,14-15,17H,7-9H2,1-2H3. The molecule has 2 unspecified atom stereocenters. The third-order valence-corrected chi connectivity index (χ3v) is 3.87. The topological polar surface area (TPSA) is 39.7 Å². The van der Waals surface area contributed by atoms with E-state index in [-0.39, 0.29) is 0 Å². The number of hydrogen-bond acceptors (Lipinski definition) is 4. The van der Waals surface area contributed by atoms with Crippen LogP contribution in [0, 0.1) is 5.92 Å². The van der Waals surface area contributed by atoms with E-state index in [0.717, 1.165) is 19.5 Å². The smallest absolute Gasteiger partial charge is 0.0782 e. The lowest BCUT2D eigenvalue weighted by atomic mass is 9.87. The monoisotopic (exact) mass is 244 g/mol. The van der Waals surface area contributed by atoms with Crippen molar-refractivity contribution in [1.29, 1.82) is 0 Å². The molecule has 18 heavy (non-hydrogen) atoms. The van der Waals surface area contributed by atoms with Crippen LogP contribution in [-0.2, 0) is 0 Å². The summed E-state index contributed by atoms with van der Waals surface area (Å²) in [6.45, 7) is 2.09. The Morgan fingerprint density at radius 1 is 1.22 bits per heavy atom. The van der Waals surface area contributed by atoms with Gasteiger partial charge in [0.2, 0.25) is 0 Å². The van der Waals surface area contributed by atoms with Crippen molar-refractivity contribution < 1.29 is 0 Å². The maximum Gasteiger partial charge on any atom is 0.0782 e. The Hall–Kier alpha value is -1.55. The molecule has 0 saturated carbocycles. The Kier molecular flexibility index (Phi) is 2.96. The first kappa shape index (κ1) is 11.5. The predicted molar refractivity (Wildman–Crippen MR) is 75.1 cm³/mol. The van der Waals surface area contributed by atoms with Crippen LogP contribution in [0.5, 0.6) is 0 Å². The zero-order valence-corrected chi connectivity index (χ0v) is 11.0. The number of piperidine rings is 1. The maximum atomic E-state index is 4.49. The van der Waals surface area contributed by atoms with Gasteiger partial charge in [-0.1, -0.05) is 12.1 Å². The second kappa shape index (κ2) is 4.61. The Morgan fingerprint density at radius 2 is 2.00 bits per heavy atom. The van der Waals surface area contributed by atoms with Gasteiger partial charge in [-0.15, -0.1) is 0 Å². The van der Waals surface area contributed by atoms with E-state index in [1.807, 2.05) is 0 Å². The average molecular weight is 244 g/mol. The van der Waals surface area contributed by atoms with Gasteiger partial charge in [0.25, 0.3) is 0 Å². The van der Waals surface area contributed by atoms with E-state index in [4.69, 9.17) is 0 Å². The molecule has 4 heteroatoms. The van der Waals surface area contributed by atoms with Crippen LogP contribution in [0.1, 0.15) is 18.0 Å². The highest BCUT2D eigenvalue weighted by Crippen LogP contribution is 2.30. The molecule has 4 nitrogen and oxygen atoms in total. The van der Waals surface area contributed by atoms with Crippen molar-refractivity contribution in [1.82, 2.24) is 10.7 Å². The van der Waals surface area contributed by atoms with Crippen LogP contribution in [0.2, 0.25) is 0 Å². The molecule has 2 heterocycles. The molecular formula is C14H20N4. The molecule has 1 aromatic carbocycles. The number of fused-ring (bicyclic) bond motifs is 1. The van der Waals surface area contributed by atoms with Gasteiger partial charge in [0.1, 0.15) is 0 Å². The first-order chi connectivity index (χ1) is 8.75. The predicted octanol–water partition coefficient (Wildman–Crippen LogP) is 1.36. The molecule has 2 atom stereocenters. The van der Waals surface area contributed by atoms with Crippen LogP contribution in [-0.4, -0.2) is 32.9 Å². The highest BCUT2D eigenvalue weighted by Gasteiger charge is 2.33. The van der Waals surface area contributed by atoms with Gasteiger partial charge in [0, 0.05) is 50.9 Å². The normalized spacial score (nSPS) is 26.2. The Labute approximate surface area is 108 Å². The fourth-order valence-corrected chi connectivity index (χ4v) is 2.76. The largest absolute Gasteiger partial charge is 0.378 e. The third-order valence-electron chi connectivity index (χ3n) is 3.87. The molecule has 0 aliphatic carbocycles. The summed E-state index contributed by atoms with van der Waals surface area (Å²) in [4.78, 5) is 2.12. The third kappa shape index (κ3) is 1.97. The van der Waals surface area contributed by atoms with Crippen molar-refractivity contribution in [3.05, 3.63) is 29.8 Å². The number of anilines is 1. The van der Waals surface area contributed by atoms with Gasteiger partial charge in [-0.3, -0.25) is 0 Å². The van der Waals surface area contributed by atoms with E-state index in [1.165, 1.54) is 17.0 Å². The first-order valence-electron chi connectivity index (χ1n) is 6.55. The Bertz CT molecular complexity index is 449. The van der Waals surface area contributed by atoms with Crippen LogP contribution in [0.15, 0.2) is 29.4 Å². The number of hydrogen-bond donors (Lipinski definition) is 2. The van der Waals surface area contributed by atoms with Gasteiger partial charge < -0.3 is 15.6 Å². The van der Waals surface area contributed by atoms with E-state index in [2.05, 4.69) is 59.1 Å². The van der Waals surface area contributed by atoms with Crippen molar-refractivity contribution >= 4 is 11.4 Å². The first-order valence-corrected chi connectivity index (χ1v) is 6.55. The van der Waals surface area contributed by atoms with Gasteiger partial charge in [0.05, 0.1) is 6.04 Å². The van der Waals surface area contributed by atoms with Crippen LogP contribution in [0.3, 0.4) is 0 Å². The highest BCUT2D eigenvalue weighted by molar-refractivity contribution is 5.89. The van der Waals surface area contributed by atoms with Crippen LogP contribution >= 0.6 is 0 Å². The van der Waals surface area contributed by atoms with Crippen LogP contribution in [0.4, 0.5) is 5.69 Å². The summed E-state index contributed by atoms with van der Waals surface area (Å²) < 4.78 is 0. The molecule has 1 aromatic rings. The minimum Gasteiger partial charge on any atom is -0.378 e. The summed E-state index contributed by atoms with van der Waals surface area (Å²) >= 11 is 0. The van der Waals surface area contributed by atoms with Gasteiger partial charge in [-0.05, 0) is 17.7 Å². The maximum absolute atomic E-state index is 4.49. The van der Waals surface area contributed by atoms with Crippen molar-refractivity contribution in [2.24, 2.45) is 11.0 Å². The lowest BCUT2D eigenvalue weighted by Crippen LogP contribution is -2.38. The summed E-state index contributed by atoms with van der Waals surface area (Å²) in [5.74, 6) is 0.518. The zero-order valence-electron chi connectivity index (χ0n) is 11.0. The van der Waals surface area contributed by atoms with E-state index in [1.54, 1.807) is 0 Å². The minimum atomic E-state index is 0.337. The molecule has 3 rings (SSSR count). The number of benzene rings is 1. The number of rotatable bonds is 2. The van der Waals surface area contributed by atoms with Gasteiger partial charge in [-0.25, -0.2) is 0 Å². The fourth-order valence-electron chi connectivity index (χ4n) is 2.76. The highest BCUT2D eigenvalue weighted by atomic mass is 15.3. The molecule has 0 bridgehead atoms. The van der Waals surface area contributed by atoms with E-state index in [0.29, 0.717) is 12.0 Å². The van der Waals surface area contributed by atoms with Crippen molar-refractivity contribution in [3.63, 3.8) is 0 Å². The fraction of sp³-hybridized carbons (Fsp3) is 0.500. The quantitative estimate of drug-likeness (QED) is 0.825. The van der Waals surface area contributed by atoms with E-state index in [9.17, 15) is 0 Å². The summed E-state index contributed by atoms with van der Waals surface area (Å²) in [5, 5.41) is 7.95. The number of nitrogens with one attached hydrogen (secondary N) is 2. The molecule has 2 N–H and O–H groups in total. The SMILES string of the molecule is CN(C)c1ccc(C2NN=C3CCNCC32)cc1. The van der Waals surface area contributed by atoms with Gasteiger partial charge in [0.15, 0.2) is 0 Å². The Morgan fingerprint density at radius 3 is 2.72 bits per heavy atom. The lowest BCUT2D eigenvalue weighted by Gasteiger charge is -2.25.